The van der Waals surface area contributed by atoms with Crippen molar-refractivity contribution >= 4 is 0 Å². The molecule has 4 nitrogen and oxygen atoms in total. The van der Waals surface area contributed by atoms with E-state index in [4.69, 9.17) is 18.9 Å². The van der Waals surface area contributed by atoms with Gasteiger partial charge in [0.2, 0.25) is 0 Å². The van der Waals surface area contributed by atoms with E-state index >= 15 is 0 Å². The number of ether oxygens (including phenoxy) is 4. The topological polar surface area (TPSA) is 36.9 Å². The van der Waals surface area contributed by atoms with Gasteiger partial charge in [-0.2, -0.15) is 0 Å². The summed E-state index contributed by atoms with van der Waals surface area (Å²) in [5.74, 6) is 0. The first-order chi connectivity index (χ1) is 7.41. The molecule has 0 unspecified atom stereocenters. The van der Waals surface area contributed by atoms with Crippen LogP contribution in [0.25, 0.3) is 0 Å². The lowest BCUT2D eigenvalue weighted by Gasteiger charge is -2.06. The van der Waals surface area contributed by atoms with Crippen LogP contribution in [0.3, 0.4) is 0 Å². The fourth-order valence-electron chi connectivity index (χ4n) is 0.931. The summed E-state index contributed by atoms with van der Waals surface area (Å²) in [4.78, 5) is 0. The second-order valence-corrected chi connectivity index (χ2v) is 3.18. The minimum Gasteiger partial charge on any atom is -0.382 e. The molecule has 15 heavy (non-hydrogen) atoms. The van der Waals surface area contributed by atoms with Gasteiger partial charge < -0.3 is 18.9 Å². The van der Waals surface area contributed by atoms with Crippen molar-refractivity contribution in [2.24, 2.45) is 0 Å². The molecular formula is C11H24O4. The highest BCUT2D eigenvalue weighted by Gasteiger charge is 1.91. The monoisotopic (exact) mass is 220 g/mol. The molecule has 0 fully saturated rings. The van der Waals surface area contributed by atoms with E-state index in [1.807, 2.05) is 0 Å². The highest BCUT2D eigenvalue weighted by molar-refractivity contribution is 4.35. The van der Waals surface area contributed by atoms with E-state index in [1.54, 1.807) is 7.11 Å². The van der Waals surface area contributed by atoms with Crippen LogP contribution in [0, 0.1) is 0 Å². The van der Waals surface area contributed by atoms with Crippen LogP contribution in [0.15, 0.2) is 0 Å². The Balaban J connectivity index is 2.81. The van der Waals surface area contributed by atoms with Crippen molar-refractivity contribution in [3.8, 4) is 0 Å². The van der Waals surface area contributed by atoms with Crippen molar-refractivity contribution in [3.63, 3.8) is 0 Å². The third-order valence-corrected chi connectivity index (χ3v) is 1.82. The average molecular weight is 220 g/mol. The van der Waals surface area contributed by atoms with Gasteiger partial charge in [-0.15, -0.1) is 0 Å². The van der Waals surface area contributed by atoms with Gasteiger partial charge in [0.25, 0.3) is 0 Å². The molecule has 0 amide bonds. The first-order valence-corrected chi connectivity index (χ1v) is 5.64. The van der Waals surface area contributed by atoms with Crippen LogP contribution in [-0.4, -0.2) is 53.4 Å². The normalized spacial score (nSPS) is 10.8. The molecule has 0 aliphatic carbocycles. The van der Waals surface area contributed by atoms with E-state index in [0.29, 0.717) is 39.6 Å². The molecule has 92 valence electrons. The lowest BCUT2D eigenvalue weighted by atomic mass is 10.4. The predicted octanol–water partition coefficient (Wildman–Crippen LogP) is 1.48. The zero-order valence-electron chi connectivity index (χ0n) is 10.00. The van der Waals surface area contributed by atoms with Gasteiger partial charge in [-0.05, 0) is 6.42 Å². The van der Waals surface area contributed by atoms with Crippen LogP contribution < -0.4 is 0 Å². The molecule has 0 aromatic rings. The zero-order chi connectivity index (χ0) is 11.2. The van der Waals surface area contributed by atoms with E-state index in [-0.39, 0.29) is 0 Å². The number of unbranched alkanes of at least 4 members (excludes halogenated alkanes) is 1. The molecule has 0 aromatic heterocycles. The average Bonchev–Trinajstić information content (AvgIpc) is 2.26. The highest BCUT2D eigenvalue weighted by atomic mass is 16.6. The Morgan fingerprint density at radius 2 is 1.13 bits per heavy atom. The van der Waals surface area contributed by atoms with Gasteiger partial charge in [0.15, 0.2) is 0 Å². The summed E-state index contributed by atoms with van der Waals surface area (Å²) in [5, 5.41) is 0. The lowest BCUT2D eigenvalue weighted by molar-refractivity contribution is 0.00337. The zero-order valence-corrected chi connectivity index (χ0v) is 10.00. The van der Waals surface area contributed by atoms with Crippen molar-refractivity contribution in [1.82, 2.24) is 0 Å². The molecule has 0 saturated heterocycles. The van der Waals surface area contributed by atoms with E-state index < -0.39 is 0 Å². The molecule has 0 atom stereocenters. The lowest BCUT2D eigenvalue weighted by Crippen LogP contribution is -2.11. The number of rotatable bonds is 12. The molecule has 0 N–H and O–H groups in total. The Labute approximate surface area is 92.8 Å². The first kappa shape index (κ1) is 14.8. The molecule has 0 bridgehead atoms. The quantitative estimate of drug-likeness (QED) is 0.467. The Kier molecular flexibility index (Phi) is 13.7. The fourth-order valence-corrected chi connectivity index (χ4v) is 0.931. The molecule has 0 aliphatic heterocycles. The van der Waals surface area contributed by atoms with Crippen molar-refractivity contribution in [2.45, 2.75) is 19.8 Å². The van der Waals surface area contributed by atoms with Gasteiger partial charge in [0.05, 0.1) is 39.6 Å². The summed E-state index contributed by atoms with van der Waals surface area (Å²) < 4.78 is 20.7. The highest BCUT2D eigenvalue weighted by Crippen LogP contribution is 1.87. The summed E-state index contributed by atoms with van der Waals surface area (Å²) in [6.07, 6.45) is 2.30. The van der Waals surface area contributed by atoms with E-state index in [0.717, 1.165) is 13.0 Å². The maximum atomic E-state index is 5.33. The van der Waals surface area contributed by atoms with Crippen LogP contribution >= 0.6 is 0 Å². The second kappa shape index (κ2) is 13.8. The van der Waals surface area contributed by atoms with E-state index in [2.05, 4.69) is 6.92 Å². The molecule has 0 aliphatic rings. The fraction of sp³-hybridized carbons (Fsp3) is 1.00. The third kappa shape index (κ3) is 13.8. The van der Waals surface area contributed by atoms with Crippen LogP contribution in [0.5, 0.6) is 0 Å². The van der Waals surface area contributed by atoms with Crippen molar-refractivity contribution in [1.29, 1.82) is 0 Å². The molecule has 4 heteroatoms. The van der Waals surface area contributed by atoms with Crippen molar-refractivity contribution in [3.05, 3.63) is 0 Å². The van der Waals surface area contributed by atoms with Crippen LogP contribution in [0.2, 0.25) is 0 Å². The van der Waals surface area contributed by atoms with E-state index in [9.17, 15) is 0 Å². The summed E-state index contributed by atoms with van der Waals surface area (Å²) in [6, 6.07) is 0. The number of hydrogen-bond acceptors (Lipinski definition) is 4. The summed E-state index contributed by atoms with van der Waals surface area (Å²) in [6.45, 7) is 6.84. The van der Waals surface area contributed by atoms with Crippen molar-refractivity contribution in [2.75, 3.05) is 53.4 Å². The Bertz CT molecular complexity index is 96.8. The molecular weight excluding hydrogens is 196 g/mol. The molecule has 0 saturated carbocycles. The molecule has 0 aromatic carbocycles. The van der Waals surface area contributed by atoms with Gasteiger partial charge in [-0.1, -0.05) is 13.3 Å². The predicted molar refractivity (Wildman–Crippen MR) is 59.2 cm³/mol. The number of hydrogen-bond donors (Lipinski definition) is 0. The maximum absolute atomic E-state index is 5.33. The summed E-state index contributed by atoms with van der Waals surface area (Å²) in [7, 11) is 1.66. The van der Waals surface area contributed by atoms with E-state index in [1.165, 1.54) is 6.42 Å². The summed E-state index contributed by atoms with van der Waals surface area (Å²) >= 11 is 0. The Morgan fingerprint density at radius 3 is 1.60 bits per heavy atom. The smallest absolute Gasteiger partial charge is 0.0701 e. The van der Waals surface area contributed by atoms with Gasteiger partial charge in [-0.3, -0.25) is 0 Å². The SMILES string of the molecule is CCCCOCCOCCOCCOC. The van der Waals surface area contributed by atoms with Crippen LogP contribution in [0.1, 0.15) is 19.8 Å². The number of methoxy groups -OCH3 is 1. The maximum Gasteiger partial charge on any atom is 0.0701 e. The second-order valence-electron chi connectivity index (χ2n) is 3.18. The Morgan fingerprint density at radius 1 is 0.667 bits per heavy atom. The first-order valence-electron chi connectivity index (χ1n) is 5.64. The summed E-state index contributed by atoms with van der Waals surface area (Å²) in [5.41, 5.74) is 0. The standard InChI is InChI=1S/C11H24O4/c1-3-4-5-13-8-9-15-11-10-14-7-6-12-2/h3-11H2,1-2H3. The van der Waals surface area contributed by atoms with Crippen LogP contribution in [-0.2, 0) is 18.9 Å². The minimum atomic E-state index is 0.623. The van der Waals surface area contributed by atoms with Gasteiger partial charge in [0.1, 0.15) is 0 Å². The molecule has 0 spiro atoms. The molecule has 0 radical (unpaired) electrons. The van der Waals surface area contributed by atoms with Gasteiger partial charge in [-0.25, -0.2) is 0 Å². The van der Waals surface area contributed by atoms with Gasteiger partial charge in [0, 0.05) is 13.7 Å². The van der Waals surface area contributed by atoms with Gasteiger partial charge >= 0.3 is 0 Å². The largest absolute Gasteiger partial charge is 0.382 e. The third-order valence-electron chi connectivity index (χ3n) is 1.82. The minimum absolute atomic E-state index is 0.623. The molecule has 0 rings (SSSR count). The molecule has 0 heterocycles. The van der Waals surface area contributed by atoms with Crippen LogP contribution in [0.4, 0.5) is 0 Å². The Hall–Kier alpha value is -0.160. The van der Waals surface area contributed by atoms with Crippen molar-refractivity contribution < 1.29 is 18.9 Å².